The summed E-state index contributed by atoms with van der Waals surface area (Å²) in [5.41, 5.74) is 5.53. The largest absolute Gasteiger partial charge is 0.328 e. The van der Waals surface area contributed by atoms with E-state index in [4.69, 9.17) is 5.73 Å². The number of hydrogen-bond acceptors (Lipinski definition) is 1. The maximum Gasteiger partial charge on any atom is 0.241 e. The van der Waals surface area contributed by atoms with Crippen LogP contribution >= 0.6 is 0 Å². The molecule has 2 atom stereocenters. The molecule has 0 spiro atoms. The molecule has 0 heterocycles. The molecule has 3 heteroatoms. The highest BCUT2D eigenvalue weighted by Gasteiger charge is 2.26. The third-order valence-corrected chi connectivity index (χ3v) is 2.11. The molecular weight excluding hydrogens is 136 g/mol. The van der Waals surface area contributed by atoms with Crippen LogP contribution in [0.3, 0.4) is 0 Å². The van der Waals surface area contributed by atoms with Crippen LogP contribution in [-0.2, 0) is 0 Å². The Bertz CT molecular complexity index is 106. The van der Waals surface area contributed by atoms with Gasteiger partial charge >= 0.3 is 0 Å². The van der Waals surface area contributed by atoms with Crippen LogP contribution in [0, 0.1) is 5.92 Å². The molecule has 0 bridgehead atoms. The van der Waals surface area contributed by atoms with Gasteiger partial charge in [-0.2, -0.15) is 0 Å². The van der Waals surface area contributed by atoms with E-state index in [9.17, 15) is 8.78 Å². The summed E-state index contributed by atoms with van der Waals surface area (Å²) in [5.74, 6) is -0.427. The fourth-order valence-electron chi connectivity index (χ4n) is 1.50. The minimum Gasteiger partial charge on any atom is -0.328 e. The highest BCUT2D eigenvalue weighted by Crippen LogP contribution is 2.27. The molecule has 60 valence electrons. The van der Waals surface area contributed by atoms with E-state index in [2.05, 4.69) is 0 Å². The number of hydrogen-bond donors (Lipinski definition) is 1. The molecule has 1 fully saturated rings. The van der Waals surface area contributed by atoms with E-state index < -0.39 is 12.3 Å². The number of rotatable bonds is 1. The summed E-state index contributed by atoms with van der Waals surface area (Å²) < 4.78 is 24.1. The molecule has 0 saturated heterocycles. The van der Waals surface area contributed by atoms with Crippen molar-refractivity contribution in [3.8, 4) is 0 Å². The van der Waals surface area contributed by atoms with E-state index in [1.165, 1.54) is 0 Å². The van der Waals surface area contributed by atoms with Gasteiger partial charge in [0.1, 0.15) is 0 Å². The molecule has 0 unspecified atom stereocenters. The quantitative estimate of drug-likeness (QED) is 0.604. The van der Waals surface area contributed by atoms with Crippen LogP contribution in [0.2, 0.25) is 0 Å². The Morgan fingerprint density at radius 3 is 2.40 bits per heavy atom. The van der Waals surface area contributed by atoms with Crippen LogP contribution in [-0.4, -0.2) is 12.5 Å². The summed E-state index contributed by atoms with van der Waals surface area (Å²) in [4.78, 5) is 0. The Balaban J connectivity index is 2.32. The first kappa shape index (κ1) is 7.92. The first-order chi connectivity index (χ1) is 4.70. The lowest BCUT2D eigenvalue weighted by Crippen LogP contribution is -2.30. The Morgan fingerprint density at radius 2 is 2.00 bits per heavy atom. The van der Waals surface area contributed by atoms with E-state index in [1.54, 1.807) is 0 Å². The second-order valence-electron chi connectivity index (χ2n) is 3.02. The maximum atomic E-state index is 12.0. The zero-order valence-electron chi connectivity index (χ0n) is 5.89. The molecule has 2 N–H and O–H groups in total. The number of halogens is 2. The molecule has 1 aliphatic rings. The van der Waals surface area contributed by atoms with Gasteiger partial charge in [-0.25, -0.2) is 8.78 Å². The second kappa shape index (κ2) is 3.28. The summed E-state index contributed by atoms with van der Waals surface area (Å²) in [6.45, 7) is 0. The van der Waals surface area contributed by atoms with Crippen molar-refractivity contribution in [2.24, 2.45) is 11.7 Å². The Kier molecular flexibility index (Phi) is 2.60. The molecule has 0 aromatic heterocycles. The van der Waals surface area contributed by atoms with Gasteiger partial charge in [-0.15, -0.1) is 0 Å². The monoisotopic (exact) mass is 149 g/mol. The van der Waals surface area contributed by atoms with E-state index in [0.717, 1.165) is 12.8 Å². The second-order valence-corrected chi connectivity index (χ2v) is 3.02. The van der Waals surface area contributed by atoms with E-state index in [-0.39, 0.29) is 6.04 Å². The summed E-state index contributed by atoms with van der Waals surface area (Å²) >= 11 is 0. The molecule has 0 amide bonds. The summed E-state index contributed by atoms with van der Waals surface area (Å²) in [7, 11) is 0. The number of alkyl halides is 2. The Morgan fingerprint density at radius 1 is 1.30 bits per heavy atom. The summed E-state index contributed by atoms with van der Waals surface area (Å²) in [6.07, 6.45) is 0.800. The SMILES string of the molecule is N[C@@H]1CCC[C@@H](C(F)F)C1. The minimum absolute atomic E-state index is 0.0211. The van der Waals surface area contributed by atoms with Crippen molar-refractivity contribution in [1.82, 2.24) is 0 Å². The fourth-order valence-corrected chi connectivity index (χ4v) is 1.50. The molecule has 10 heavy (non-hydrogen) atoms. The van der Waals surface area contributed by atoms with Crippen LogP contribution in [0.4, 0.5) is 8.78 Å². The topological polar surface area (TPSA) is 26.0 Å². The van der Waals surface area contributed by atoms with Crippen molar-refractivity contribution in [1.29, 1.82) is 0 Å². The van der Waals surface area contributed by atoms with Crippen molar-refractivity contribution in [2.45, 2.75) is 38.2 Å². The van der Waals surface area contributed by atoms with Gasteiger partial charge in [0.05, 0.1) is 0 Å². The van der Waals surface area contributed by atoms with Crippen molar-refractivity contribution >= 4 is 0 Å². The van der Waals surface area contributed by atoms with Gasteiger partial charge < -0.3 is 5.73 Å². The van der Waals surface area contributed by atoms with E-state index in [0.29, 0.717) is 12.8 Å². The van der Waals surface area contributed by atoms with Gasteiger partial charge in [-0.3, -0.25) is 0 Å². The Hall–Kier alpha value is -0.180. The lowest BCUT2D eigenvalue weighted by molar-refractivity contribution is 0.0517. The van der Waals surface area contributed by atoms with Crippen molar-refractivity contribution in [3.05, 3.63) is 0 Å². The average molecular weight is 149 g/mol. The van der Waals surface area contributed by atoms with Crippen LogP contribution < -0.4 is 5.73 Å². The fraction of sp³-hybridized carbons (Fsp3) is 1.00. The van der Waals surface area contributed by atoms with Gasteiger partial charge in [0.2, 0.25) is 6.43 Å². The van der Waals surface area contributed by atoms with Gasteiger partial charge in [-0.05, 0) is 19.3 Å². The zero-order valence-corrected chi connectivity index (χ0v) is 5.89. The highest BCUT2D eigenvalue weighted by molar-refractivity contribution is 4.76. The van der Waals surface area contributed by atoms with Crippen LogP contribution in [0.5, 0.6) is 0 Å². The Labute approximate surface area is 59.6 Å². The predicted molar refractivity (Wildman–Crippen MR) is 35.9 cm³/mol. The standard InChI is InChI=1S/C7H13F2N/c8-7(9)5-2-1-3-6(10)4-5/h5-7H,1-4,10H2/t5-,6-/m1/s1. The third kappa shape index (κ3) is 1.90. The molecule has 0 aromatic rings. The molecular formula is C7H13F2N. The first-order valence-corrected chi connectivity index (χ1v) is 3.74. The molecule has 0 radical (unpaired) electrons. The molecule has 1 rings (SSSR count). The molecule has 1 nitrogen and oxygen atoms in total. The molecule has 0 aromatic carbocycles. The van der Waals surface area contributed by atoms with Gasteiger partial charge in [-0.1, -0.05) is 6.42 Å². The van der Waals surface area contributed by atoms with Gasteiger partial charge in [0.15, 0.2) is 0 Å². The maximum absolute atomic E-state index is 12.0. The number of nitrogens with two attached hydrogens (primary N) is 1. The van der Waals surface area contributed by atoms with Gasteiger partial charge in [0.25, 0.3) is 0 Å². The molecule has 1 saturated carbocycles. The van der Waals surface area contributed by atoms with E-state index >= 15 is 0 Å². The van der Waals surface area contributed by atoms with E-state index in [1.807, 2.05) is 0 Å². The lowest BCUT2D eigenvalue weighted by Gasteiger charge is -2.25. The van der Waals surface area contributed by atoms with Crippen molar-refractivity contribution in [3.63, 3.8) is 0 Å². The minimum atomic E-state index is -2.16. The first-order valence-electron chi connectivity index (χ1n) is 3.74. The zero-order chi connectivity index (χ0) is 7.56. The third-order valence-electron chi connectivity index (χ3n) is 2.11. The van der Waals surface area contributed by atoms with Crippen molar-refractivity contribution in [2.75, 3.05) is 0 Å². The smallest absolute Gasteiger partial charge is 0.241 e. The average Bonchev–Trinajstić information content (AvgIpc) is 1.88. The normalized spacial score (nSPS) is 34.8. The van der Waals surface area contributed by atoms with Crippen molar-refractivity contribution < 1.29 is 8.78 Å². The van der Waals surface area contributed by atoms with Crippen LogP contribution in [0.15, 0.2) is 0 Å². The predicted octanol–water partition coefficient (Wildman–Crippen LogP) is 1.77. The van der Waals surface area contributed by atoms with Crippen LogP contribution in [0.1, 0.15) is 25.7 Å². The highest BCUT2D eigenvalue weighted by atomic mass is 19.3. The summed E-state index contributed by atoms with van der Waals surface area (Å²) in [6, 6.07) is 0.0211. The molecule has 1 aliphatic carbocycles. The lowest BCUT2D eigenvalue weighted by atomic mass is 9.86. The molecule has 0 aliphatic heterocycles. The van der Waals surface area contributed by atoms with Crippen LogP contribution in [0.25, 0.3) is 0 Å². The summed E-state index contributed by atoms with van der Waals surface area (Å²) in [5, 5.41) is 0. The van der Waals surface area contributed by atoms with Gasteiger partial charge in [0, 0.05) is 12.0 Å².